The summed E-state index contributed by atoms with van der Waals surface area (Å²) in [4.78, 5) is 0. The van der Waals surface area contributed by atoms with Crippen LogP contribution in [0.4, 0.5) is 0 Å². The number of hydrazone groups is 1. The molecule has 0 aliphatic carbocycles. The number of para-hydroxylation sites is 1. The smallest absolute Gasteiger partial charge is 0.217 e. The lowest BCUT2D eigenvalue weighted by Crippen LogP contribution is -2.33. The van der Waals surface area contributed by atoms with Gasteiger partial charge in [-0.15, -0.1) is 0 Å². The Labute approximate surface area is 161 Å². The molecule has 0 radical (unpaired) electrons. The lowest BCUT2D eigenvalue weighted by Gasteiger charge is -2.38. The summed E-state index contributed by atoms with van der Waals surface area (Å²) in [5.41, 5.74) is 2.84. The summed E-state index contributed by atoms with van der Waals surface area (Å²) in [5, 5.41) is 7.51. The van der Waals surface area contributed by atoms with Crippen LogP contribution in [0.2, 0.25) is 5.02 Å². The van der Waals surface area contributed by atoms with Crippen molar-refractivity contribution in [3.63, 3.8) is 0 Å². The number of methoxy groups -OCH3 is 1. The number of ether oxygens (including phenoxy) is 2. The molecule has 0 saturated heterocycles. The van der Waals surface area contributed by atoms with Crippen LogP contribution in [0.15, 0.2) is 70.4 Å². The van der Waals surface area contributed by atoms with Gasteiger partial charge in [0.1, 0.15) is 23.0 Å². The van der Waals surface area contributed by atoms with E-state index in [1.165, 1.54) is 0 Å². The van der Waals surface area contributed by atoms with E-state index in [0.717, 1.165) is 40.5 Å². The largest absolute Gasteiger partial charge is 0.496 e. The van der Waals surface area contributed by atoms with Crippen molar-refractivity contribution in [3.8, 4) is 11.5 Å². The molecule has 3 heterocycles. The summed E-state index contributed by atoms with van der Waals surface area (Å²) in [6.45, 7) is 0. The maximum Gasteiger partial charge on any atom is 0.217 e. The van der Waals surface area contributed by atoms with Crippen LogP contribution in [0.25, 0.3) is 0 Å². The molecule has 5 rings (SSSR count). The molecule has 2 aromatic carbocycles. The van der Waals surface area contributed by atoms with E-state index in [1.54, 1.807) is 13.4 Å². The Morgan fingerprint density at radius 1 is 1.11 bits per heavy atom. The molecule has 3 aromatic rings. The zero-order valence-corrected chi connectivity index (χ0v) is 15.4. The van der Waals surface area contributed by atoms with Crippen molar-refractivity contribution in [3.05, 3.63) is 82.8 Å². The van der Waals surface area contributed by atoms with Crippen LogP contribution in [0.1, 0.15) is 35.6 Å². The van der Waals surface area contributed by atoms with Gasteiger partial charge in [-0.2, -0.15) is 5.10 Å². The average Bonchev–Trinajstić information content (AvgIpc) is 3.37. The van der Waals surface area contributed by atoms with E-state index in [1.807, 2.05) is 59.6 Å². The molecule has 2 unspecified atom stereocenters. The van der Waals surface area contributed by atoms with Crippen molar-refractivity contribution in [2.75, 3.05) is 7.11 Å². The summed E-state index contributed by atoms with van der Waals surface area (Å²) < 4.78 is 17.5. The molecule has 27 heavy (non-hydrogen) atoms. The first-order chi connectivity index (χ1) is 13.2. The maximum absolute atomic E-state index is 6.34. The molecule has 0 fully saturated rings. The Kier molecular flexibility index (Phi) is 3.83. The van der Waals surface area contributed by atoms with Crippen molar-refractivity contribution in [2.45, 2.75) is 18.7 Å². The Balaban J connectivity index is 1.64. The second kappa shape index (κ2) is 6.35. The van der Waals surface area contributed by atoms with E-state index in [9.17, 15) is 0 Å². The van der Waals surface area contributed by atoms with Crippen molar-refractivity contribution in [1.82, 2.24) is 5.01 Å². The molecule has 1 aromatic heterocycles. The molecule has 136 valence electrons. The lowest BCUT2D eigenvalue weighted by molar-refractivity contribution is -0.0203. The van der Waals surface area contributed by atoms with Gasteiger partial charge in [-0.1, -0.05) is 23.7 Å². The minimum atomic E-state index is -0.396. The van der Waals surface area contributed by atoms with Crippen LogP contribution >= 0.6 is 11.6 Å². The topological polar surface area (TPSA) is 47.2 Å². The van der Waals surface area contributed by atoms with Crippen molar-refractivity contribution in [1.29, 1.82) is 0 Å². The number of rotatable bonds is 3. The third-order valence-corrected chi connectivity index (χ3v) is 5.20. The number of hydrogen-bond acceptors (Lipinski definition) is 5. The zero-order valence-electron chi connectivity index (χ0n) is 14.6. The second-order valence-corrected chi connectivity index (χ2v) is 6.95. The fourth-order valence-corrected chi connectivity index (χ4v) is 3.91. The number of benzene rings is 2. The van der Waals surface area contributed by atoms with Crippen molar-refractivity contribution < 1.29 is 13.9 Å². The number of hydrogen-bond donors (Lipinski definition) is 0. The summed E-state index contributed by atoms with van der Waals surface area (Å²) in [7, 11) is 1.66. The molecule has 2 aliphatic heterocycles. The van der Waals surface area contributed by atoms with E-state index >= 15 is 0 Å². The molecule has 0 saturated carbocycles. The highest BCUT2D eigenvalue weighted by molar-refractivity contribution is 6.30. The molecule has 5 nitrogen and oxygen atoms in total. The van der Waals surface area contributed by atoms with Crippen LogP contribution in [-0.4, -0.2) is 17.8 Å². The predicted octanol–water partition coefficient (Wildman–Crippen LogP) is 5.18. The van der Waals surface area contributed by atoms with E-state index in [2.05, 4.69) is 0 Å². The molecule has 0 spiro atoms. The van der Waals surface area contributed by atoms with Crippen LogP contribution in [-0.2, 0) is 0 Å². The summed E-state index contributed by atoms with van der Waals surface area (Å²) in [6.07, 6.45) is 1.98. The Morgan fingerprint density at radius 2 is 2.00 bits per heavy atom. The molecule has 6 heteroatoms. The van der Waals surface area contributed by atoms with Crippen LogP contribution in [0.5, 0.6) is 11.5 Å². The number of furan rings is 1. The highest BCUT2D eigenvalue weighted by atomic mass is 35.5. The number of halogens is 1. The SMILES string of the molecule is COc1ccccc1C1Oc2ccc(Cl)cc2C2CC(c3ccco3)=NN21. The Bertz CT molecular complexity index is 1020. The first-order valence-corrected chi connectivity index (χ1v) is 9.11. The van der Waals surface area contributed by atoms with Gasteiger partial charge in [-0.25, -0.2) is 5.01 Å². The van der Waals surface area contributed by atoms with Gasteiger partial charge in [0.2, 0.25) is 6.23 Å². The molecule has 2 atom stereocenters. The number of fused-ring (bicyclic) bond motifs is 3. The van der Waals surface area contributed by atoms with Gasteiger partial charge in [0.25, 0.3) is 0 Å². The molecule has 2 aliphatic rings. The summed E-state index contributed by atoms with van der Waals surface area (Å²) in [5.74, 6) is 2.35. The highest BCUT2D eigenvalue weighted by Gasteiger charge is 2.42. The monoisotopic (exact) mass is 380 g/mol. The Morgan fingerprint density at radius 3 is 2.81 bits per heavy atom. The lowest BCUT2D eigenvalue weighted by atomic mass is 9.97. The molecule has 0 bridgehead atoms. The van der Waals surface area contributed by atoms with E-state index in [4.69, 9.17) is 30.6 Å². The third-order valence-electron chi connectivity index (χ3n) is 4.96. The minimum absolute atomic E-state index is 0.0162. The molecular weight excluding hydrogens is 364 g/mol. The fraction of sp³-hybridized carbons (Fsp3) is 0.190. The van der Waals surface area contributed by atoms with Gasteiger partial charge in [0, 0.05) is 17.0 Å². The molecule has 0 amide bonds. The summed E-state index contributed by atoms with van der Waals surface area (Å²) in [6, 6.07) is 17.4. The number of nitrogens with zero attached hydrogens (tertiary/aromatic N) is 2. The fourth-order valence-electron chi connectivity index (χ4n) is 3.73. The average molecular weight is 381 g/mol. The predicted molar refractivity (Wildman–Crippen MR) is 102 cm³/mol. The minimum Gasteiger partial charge on any atom is -0.496 e. The van der Waals surface area contributed by atoms with Gasteiger partial charge >= 0.3 is 0 Å². The quantitative estimate of drug-likeness (QED) is 0.627. The van der Waals surface area contributed by atoms with Gasteiger partial charge in [-0.05, 0) is 42.5 Å². The maximum atomic E-state index is 6.34. The highest BCUT2D eigenvalue weighted by Crippen LogP contribution is 2.49. The van der Waals surface area contributed by atoms with Gasteiger partial charge in [-0.3, -0.25) is 0 Å². The van der Waals surface area contributed by atoms with Crippen LogP contribution < -0.4 is 9.47 Å². The van der Waals surface area contributed by atoms with E-state index in [0.29, 0.717) is 5.02 Å². The standard InChI is InChI=1S/C21H17ClN2O3/c1-25-18-6-3-2-5-14(18)21-24-17(12-16(23-24)20-7-4-10-26-20)15-11-13(22)8-9-19(15)27-21/h2-11,17,21H,12H2,1H3. The zero-order chi connectivity index (χ0) is 18.4. The van der Waals surface area contributed by atoms with Crippen molar-refractivity contribution in [2.24, 2.45) is 5.10 Å². The van der Waals surface area contributed by atoms with Crippen molar-refractivity contribution >= 4 is 17.3 Å². The van der Waals surface area contributed by atoms with Crippen LogP contribution in [0, 0.1) is 0 Å². The molecular formula is C21H17ClN2O3. The van der Waals surface area contributed by atoms with E-state index < -0.39 is 6.23 Å². The van der Waals surface area contributed by atoms with Gasteiger partial charge in [0.05, 0.1) is 25.0 Å². The normalized spacial score (nSPS) is 20.5. The first-order valence-electron chi connectivity index (χ1n) is 8.73. The van der Waals surface area contributed by atoms with Gasteiger partial charge < -0.3 is 13.9 Å². The van der Waals surface area contributed by atoms with Gasteiger partial charge in [0.15, 0.2) is 0 Å². The Hall–Kier alpha value is -2.92. The van der Waals surface area contributed by atoms with Crippen LogP contribution in [0.3, 0.4) is 0 Å². The first kappa shape index (κ1) is 16.3. The molecule has 0 N–H and O–H groups in total. The van der Waals surface area contributed by atoms with E-state index in [-0.39, 0.29) is 6.04 Å². The third kappa shape index (κ3) is 2.66. The second-order valence-electron chi connectivity index (χ2n) is 6.52. The summed E-state index contributed by atoms with van der Waals surface area (Å²) >= 11 is 6.25.